The van der Waals surface area contributed by atoms with Crippen LogP contribution in [-0.2, 0) is 16.2 Å². The van der Waals surface area contributed by atoms with Crippen molar-refractivity contribution in [2.45, 2.75) is 13.5 Å². The summed E-state index contributed by atoms with van der Waals surface area (Å²) in [4.78, 5) is 39.3. The van der Waals surface area contributed by atoms with E-state index in [0.717, 1.165) is 16.0 Å². The Labute approximate surface area is 224 Å². The summed E-state index contributed by atoms with van der Waals surface area (Å²) in [7, 11) is 1.42. The topological polar surface area (TPSA) is 94.2 Å². The number of hydrogen-bond acceptors (Lipinski definition) is 6. The van der Waals surface area contributed by atoms with Gasteiger partial charge in [0.2, 0.25) is 0 Å². The minimum absolute atomic E-state index is 0.0235. The summed E-state index contributed by atoms with van der Waals surface area (Å²) in [5.41, 5.74) is 2.54. The molecule has 0 atom stereocenters. The Morgan fingerprint density at radius 2 is 1.74 bits per heavy atom. The number of halogens is 1. The molecule has 0 spiro atoms. The minimum Gasteiger partial charge on any atom is -0.493 e. The van der Waals surface area contributed by atoms with Crippen LogP contribution in [0.4, 0.5) is 10.5 Å². The van der Waals surface area contributed by atoms with Crippen LogP contribution in [0.3, 0.4) is 0 Å². The monoisotopic (exact) mass is 530 g/mol. The number of rotatable bonds is 8. The summed E-state index contributed by atoms with van der Waals surface area (Å²) in [6.07, 6.45) is 6.55. The van der Waals surface area contributed by atoms with Crippen molar-refractivity contribution in [3.8, 4) is 29.6 Å². The zero-order valence-corrected chi connectivity index (χ0v) is 21.4. The van der Waals surface area contributed by atoms with Crippen molar-refractivity contribution >= 4 is 41.2 Å². The number of hydrogen-bond donors (Lipinski definition) is 1. The highest BCUT2D eigenvalue weighted by molar-refractivity contribution is 6.39. The molecule has 192 valence electrons. The molecule has 0 bridgehead atoms. The van der Waals surface area contributed by atoms with Crippen molar-refractivity contribution in [1.29, 1.82) is 0 Å². The fraction of sp³-hybridized carbons (Fsp3) is 0.138. The fourth-order valence-electron chi connectivity index (χ4n) is 3.68. The molecule has 4 amide bonds. The van der Waals surface area contributed by atoms with Crippen LogP contribution in [0.25, 0.3) is 6.08 Å². The number of barbiturate groups is 1. The van der Waals surface area contributed by atoms with E-state index in [1.165, 1.54) is 25.3 Å². The van der Waals surface area contributed by atoms with Gasteiger partial charge in [0.1, 0.15) is 24.5 Å². The highest BCUT2D eigenvalue weighted by Gasteiger charge is 2.37. The highest BCUT2D eigenvalue weighted by Crippen LogP contribution is 2.37. The smallest absolute Gasteiger partial charge is 0.335 e. The number of benzene rings is 3. The number of imide groups is 2. The normalized spacial score (nSPS) is 14.2. The number of amides is 4. The van der Waals surface area contributed by atoms with E-state index >= 15 is 0 Å². The summed E-state index contributed by atoms with van der Waals surface area (Å²) in [5, 5.41) is 2.36. The van der Waals surface area contributed by atoms with E-state index < -0.39 is 17.8 Å². The number of nitrogens with zero attached hydrogens (tertiary/aromatic N) is 1. The lowest BCUT2D eigenvalue weighted by Crippen LogP contribution is -2.54. The quantitative estimate of drug-likeness (QED) is 0.252. The van der Waals surface area contributed by atoms with E-state index in [-0.39, 0.29) is 34.4 Å². The molecule has 1 N–H and O–H groups in total. The van der Waals surface area contributed by atoms with Gasteiger partial charge in [-0.2, -0.15) is 0 Å². The van der Waals surface area contributed by atoms with E-state index in [0.29, 0.717) is 17.9 Å². The molecule has 1 saturated heterocycles. The number of ether oxygens (including phenoxy) is 3. The van der Waals surface area contributed by atoms with Crippen molar-refractivity contribution in [3.63, 3.8) is 0 Å². The molecule has 38 heavy (non-hydrogen) atoms. The van der Waals surface area contributed by atoms with E-state index in [4.69, 9.17) is 32.2 Å². The number of methoxy groups -OCH3 is 1. The highest BCUT2D eigenvalue weighted by atomic mass is 35.5. The van der Waals surface area contributed by atoms with Crippen LogP contribution in [0.5, 0.6) is 17.2 Å². The summed E-state index contributed by atoms with van der Waals surface area (Å²) in [6, 6.07) is 16.5. The molecule has 3 aromatic rings. The molecule has 0 aliphatic carbocycles. The summed E-state index contributed by atoms with van der Waals surface area (Å²) in [6.45, 7) is 2.35. The number of anilines is 1. The standard InChI is InChI=1S/C29H23ClN2O6/c1-4-13-37-26-24(30)15-20(16-25(26)36-3)14-23-27(33)31-29(35)32(28(23)34)21-9-11-22(12-10-21)38-17-19-7-5-18(2)6-8-19/h1,5-12,14-16H,13,17H2,2-3H3,(H,31,33,35)/b23-14+. The lowest BCUT2D eigenvalue weighted by atomic mass is 10.1. The first-order valence-electron chi connectivity index (χ1n) is 11.4. The Hall–Kier alpha value is -4.74. The number of carbonyl (C=O) groups is 3. The van der Waals surface area contributed by atoms with Crippen molar-refractivity contribution < 1.29 is 28.6 Å². The average Bonchev–Trinajstić information content (AvgIpc) is 2.90. The van der Waals surface area contributed by atoms with Crippen LogP contribution in [-0.4, -0.2) is 31.6 Å². The first-order chi connectivity index (χ1) is 18.3. The fourth-order valence-corrected chi connectivity index (χ4v) is 3.95. The molecular formula is C29H23ClN2O6. The molecule has 8 nitrogen and oxygen atoms in total. The first kappa shape index (κ1) is 26.3. The van der Waals surface area contributed by atoms with Crippen LogP contribution < -0.4 is 24.4 Å². The van der Waals surface area contributed by atoms with Gasteiger partial charge in [-0.05, 0) is 60.5 Å². The number of nitrogens with one attached hydrogen (secondary N) is 1. The van der Waals surface area contributed by atoms with E-state index in [9.17, 15) is 14.4 Å². The largest absolute Gasteiger partial charge is 0.493 e. The Bertz CT molecular complexity index is 1460. The molecule has 3 aromatic carbocycles. The van der Waals surface area contributed by atoms with Crippen molar-refractivity contribution in [2.24, 2.45) is 0 Å². The van der Waals surface area contributed by atoms with Crippen LogP contribution in [0.2, 0.25) is 5.02 Å². The first-order valence-corrected chi connectivity index (χ1v) is 11.8. The Kier molecular flexibility index (Phi) is 8.00. The van der Waals surface area contributed by atoms with Crippen LogP contribution in [0, 0.1) is 19.3 Å². The second-order valence-corrected chi connectivity index (χ2v) is 8.66. The van der Waals surface area contributed by atoms with Crippen LogP contribution in [0.1, 0.15) is 16.7 Å². The third-order valence-electron chi connectivity index (χ3n) is 5.59. The minimum atomic E-state index is -0.862. The van der Waals surface area contributed by atoms with E-state index in [1.54, 1.807) is 24.3 Å². The van der Waals surface area contributed by atoms with Crippen molar-refractivity contribution in [2.75, 3.05) is 18.6 Å². The number of urea groups is 1. The van der Waals surface area contributed by atoms with Crippen molar-refractivity contribution in [1.82, 2.24) is 5.32 Å². The molecule has 0 unspecified atom stereocenters. The Morgan fingerprint density at radius 3 is 2.39 bits per heavy atom. The number of aryl methyl sites for hydroxylation is 1. The third-order valence-corrected chi connectivity index (χ3v) is 5.87. The molecule has 1 aliphatic heterocycles. The maximum absolute atomic E-state index is 13.3. The van der Waals surface area contributed by atoms with Gasteiger partial charge in [-0.25, -0.2) is 9.69 Å². The number of terminal acetylenes is 1. The van der Waals surface area contributed by atoms with Gasteiger partial charge in [-0.15, -0.1) is 6.42 Å². The predicted molar refractivity (Wildman–Crippen MR) is 143 cm³/mol. The van der Waals surface area contributed by atoms with Crippen LogP contribution in [0.15, 0.2) is 66.2 Å². The molecule has 0 aromatic heterocycles. The summed E-state index contributed by atoms with van der Waals surface area (Å²) >= 11 is 6.31. The molecule has 0 saturated carbocycles. The zero-order valence-electron chi connectivity index (χ0n) is 20.6. The maximum Gasteiger partial charge on any atom is 0.335 e. The van der Waals surface area contributed by atoms with E-state index in [1.807, 2.05) is 31.2 Å². The van der Waals surface area contributed by atoms with Gasteiger partial charge in [-0.3, -0.25) is 14.9 Å². The summed E-state index contributed by atoms with van der Waals surface area (Å²) in [5.74, 6) is 1.76. The molecular weight excluding hydrogens is 508 g/mol. The summed E-state index contributed by atoms with van der Waals surface area (Å²) < 4.78 is 16.5. The molecule has 4 rings (SSSR count). The second kappa shape index (κ2) is 11.5. The van der Waals surface area contributed by atoms with Gasteiger partial charge in [-0.1, -0.05) is 47.4 Å². The molecule has 1 fully saturated rings. The molecule has 1 heterocycles. The lowest BCUT2D eigenvalue weighted by Gasteiger charge is -2.26. The van der Waals surface area contributed by atoms with Gasteiger partial charge in [0.25, 0.3) is 11.8 Å². The van der Waals surface area contributed by atoms with Crippen LogP contribution >= 0.6 is 11.6 Å². The maximum atomic E-state index is 13.3. The lowest BCUT2D eigenvalue weighted by molar-refractivity contribution is -0.122. The van der Waals surface area contributed by atoms with Gasteiger partial charge in [0, 0.05) is 0 Å². The van der Waals surface area contributed by atoms with Gasteiger partial charge < -0.3 is 14.2 Å². The molecule has 0 radical (unpaired) electrons. The molecule has 9 heteroatoms. The third kappa shape index (κ3) is 5.80. The second-order valence-electron chi connectivity index (χ2n) is 8.25. The SMILES string of the molecule is C#CCOc1c(Cl)cc(/C=C2\C(=O)NC(=O)N(c3ccc(OCc4ccc(C)cc4)cc3)C2=O)cc1OC. The Morgan fingerprint density at radius 1 is 1.03 bits per heavy atom. The van der Waals surface area contributed by atoms with E-state index in [2.05, 4.69) is 11.2 Å². The average molecular weight is 531 g/mol. The number of carbonyl (C=O) groups excluding carboxylic acids is 3. The zero-order chi connectivity index (χ0) is 27.2. The van der Waals surface area contributed by atoms with Crippen molar-refractivity contribution in [3.05, 3.63) is 87.9 Å². The van der Waals surface area contributed by atoms with Gasteiger partial charge >= 0.3 is 6.03 Å². The predicted octanol–water partition coefficient (Wildman–Crippen LogP) is 4.91. The van der Waals surface area contributed by atoms with Gasteiger partial charge in [0.05, 0.1) is 17.8 Å². The molecule has 1 aliphatic rings. The Balaban J connectivity index is 1.55. The van der Waals surface area contributed by atoms with Gasteiger partial charge in [0.15, 0.2) is 11.5 Å².